The number of likely N-dealkylation sites (tertiary alicyclic amines) is 1. The molecule has 1 heterocycles. The summed E-state index contributed by atoms with van der Waals surface area (Å²) in [5, 5.41) is 3.57. The Balaban J connectivity index is 1.80. The number of carbonyl (C=O) groups excluding carboxylic acids is 2. The van der Waals surface area contributed by atoms with Gasteiger partial charge < -0.3 is 15.0 Å². The summed E-state index contributed by atoms with van der Waals surface area (Å²) in [4.78, 5) is 26.2. The Bertz CT molecular complexity index is 596. The molecule has 1 unspecified atom stereocenters. The molecular weight excluding hydrogens is 340 g/mol. The van der Waals surface area contributed by atoms with Crippen LogP contribution in [-0.4, -0.2) is 41.6 Å². The van der Waals surface area contributed by atoms with Crippen LogP contribution in [0, 0.1) is 0 Å². The molecule has 0 spiro atoms. The first-order chi connectivity index (χ1) is 11.7. The van der Waals surface area contributed by atoms with E-state index in [2.05, 4.69) is 5.32 Å². The monoisotopic (exact) mass is 366 g/mol. The minimum Gasteiger partial charge on any atom is -0.444 e. The van der Waals surface area contributed by atoms with Gasteiger partial charge in [0, 0.05) is 30.6 Å². The van der Waals surface area contributed by atoms with Crippen LogP contribution in [0.4, 0.5) is 4.79 Å². The first kappa shape index (κ1) is 19.6. The van der Waals surface area contributed by atoms with E-state index >= 15 is 0 Å². The Morgan fingerprint density at radius 3 is 2.60 bits per heavy atom. The lowest BCUT2D eigenvalue weighted by molar-refractivity contribution is -0.132. The lowest BCUT2D eigenvalue weighted by atomic mass is 10.0. The Morgan fingerprint density at radius 1 is 1.28 bits per heavy atom. The minimum atomic E-state index is -0.521. The van der Waals surface area contributed by atoms with Gasteiger partial charge in [-0.15, -0.1) is 0 Å². The van der Waals surface area contributed by atoms with Gasteiger partial charge in [0.2, 0.25) is 5.91 Å². The van der Waals surface area contributed by atoms with Gasteiger partial charge in [0.15, 0.2) is 0 Å². The number of carbonyl (C=O) groups is 2. The quantitative estimate of drug-likeness (QED) is 0.881. The molecule has 1 atom stereocenters. The van der Waals surface area contributed by atoms with Crippen molar-refractivity contribution in [2.24, 2.45) is 0 Å². The number of nitrogens with zero attached hydrogens (tertiary/aromatic N) is 1. The van der Waals surface area contributed by atoms with Crippen LogP contribution in [0.2, 0.25) is 5.02 Å². The summed E-state index contributed by atoms with van der Waals surface area (Å²) < 4.78 is 5.29. The normalized spacial score (nSPS) is 17.9. The van der Waals surface area contributed by atoms with E-state index in [1.165, 1.54) is 0 Å². The number of alkyl carbamates (subject to hydrolysis) is 1. The average Bonchev–Trinajstić information content (AvgIpc) is 2.52. The van der Waals surface area contributed by atoms with Crippen LogP contribution < -0.4 is 5.32 Å². The fraction of sp³-hybridized carbons (Fsp3) is 0.579. The van der Waals surface area contributed by atoms with E-state index in [0.717, 1.165) is 24.9 Å². The molecule has 5 nitrogen and oxygen atoms in total. The highest BCUT2D eigenvalue weighted by Gasteiger charge is 2.26. The molecule has 1 aliphatic rings. The lowest BCUT2D eigenvalue weighted by Gasteiger charge is -2.33. The molecule has 0 radical (unpaired) electrons. The van der Waals surface area contributed by atoms with Crippen molar-refractivity contribution in [3.05, 3.63) is 34.9 Å². The number of hydrogen-bond acceptors (Lipinski definition) is 3. The third-order valence-corrected chi connectivity index (χ3v) is 4.29. The SMILES string of the molecule is CC(C)(C)OC(=O)NC1CCCN(C(=O)CCc2ccc(Cl)cc2)C1. The van der Waals surface area contributed by atoms with E-state index in [-0.39, 0.29) is 11.9 Å². The van der Waals surface area contributed by atoms with Crippen molar-refractivity contribution in [1.29, 1.82) is 0 Å². The molecule has 1 N–H and O–H groups in total. The van der Waals surface area contributed by atoms with Gasteiger partial charge in [-0.2, -0.15) is 0 Å². The van der Waals surface area contributed by atoms with Gasteiger partial charge in [0.05, 0.1) is 0 Å². The molecule has 1 aliphatic heterocycles. The molecule has 2 amide bonds. The van der Waals surface area contributed by atoms with Crippen molar-refractivity contribution < 1.29 is 14.3 Å². The van der Waals surface area contributed by atoms with E-state index in [1.807, 2.05) is 49.9 Å². The van der Waals surface area contributed by atoms with Gasteiger partial charge in [0.25, 0.3) is 0 Å². The van der Waals surface area contributed by atoms with Crippen LogP contribution in [-0.2, 0) is 16.0 Å². The van der Waals surface area contributed by atoms with Gasteiger partial charge in [0.1, 0.15) is 5.60 Å². The number of nitrogens with one attached hydrogen (secondary N) is 1. The molecule has 1 aromatic carbocycles. The van der Waals surface area contributed by atoms with Crippen molar-refractivity contribution in [2.75, 3.05) is 13.1 Å². The number of amides is 2. The van der Waals surface area contributed by atoms with E-state index in [9.17, 15) is 9.59 Å². The fourth-order valence-corrected chi connectivity index (χ4v) is 2.98. The van der Waals surface area contributed by atoms with Crippen LogP contribution in [0.5, 0.6) is 0 Å². The van der Waals surface area contributed by atoms with Crippen molar-refractivity contribution in [1.82, 2.24) is 10.2 Å². The maximum absolute atomic E-state index is 12.5. The number of rotatable bonds is 4. The smallest absolute Gasteiger partial charge is 0.407 e. The summed E-state index contributed by atoms with van der Waals surface area (Å²) in [7, 11) is 0. The average molecular weight is 367 g/mol. The summed E-state index contributed by atoms with van der Waals surface area (Å²) in [6.45, 7) is 6.78. The zero-order valence-electron chi connectivity index (χ0n) is 15.2. The van der Waals surface area contributed by atoms with Gasteiger partial charge in [-0.1, -0.05) is 23.7 Å². The third kappa shape index (κ3) is 6.94. The van der Waals surface area contributed by atoms with Crippen LogP contribution >= 0.6 is 11.6 Å². The summed E-state index contributed by atoms with van der Waals surface area (Å²) in [5.41, 5.74) is 0.575. The van der Waals surface area contributed by atoms with E-state index in [1.54, 1.807) is 0 Å². The number of ether oxygens (including phenoxy) is 1. The molecule has 0 saturated carbocycles. The van der Waals surface area contributed by atoms with E-state index in [0.29, 0.717) is 24.4 Å². The highest BCUT2D eigenvalue weighted by Crippen LogP contribution is 2.15. The first-order valence-corrected chi connectivity index (χ1v) is 9.12. The Hall–Kier alpha value is -1.75. The largest absolute Gasteiger partial charge is 0.444 e. The Morgan fingerprint density at radius 2 is 1.96 bits per heavy atom. The number of aryl methyl sites for hydroxylation is 1. The molecular formula is C19H27ClN2O3. The zero-order chi connectivity index (χ0) is 18.4. The number of benzene rings is 1. The second kappa shape index (κ2) is 8.56. The zero-order valence-corrected chi connectivity index (χ0v) is 15.9. The third-order valence-electron chi connectivity index (χ3n) is 4.04. The topological polar surface area (TPSA) is 58.6 Å². The van der Waals surface area contributed by atoms with Crippen molar-refractivity contribution >= 4 is 23.6 Å². The van der Waals surface area contributed by atoms with Gasteiger partial charge in [-0.05, 0) is 57.7 Å². The Labute approximate surface area is 154 Å². The molecule has 1 aromatic rings. The second-order valence-electron chi connectivity index (χ2n) is 7.45. The summed E-state index contributed by atoms with van der Waals surface area (Å²) in [6.07, 6.45) is 2.47. The van der Waals surface area contributed by atoms with Crippen molar-refractivity contribution in [3.63, 3.8) is 0 Å². The first-order valence-electron chi connectivity index (χ1n) is 8.75. The Kier molecular flexibility index (Phi) is 6.71. The number of piperidine rings is 1. The maximum Gasteiger partial charge on any atom is 0.407 e. The van der Waals surface area contributed by atoms with Crippen molar-refractivity contribution in [2.45, 2.75) is 58.1 Å². The van der Waals surface area contributed by atoms with Crippen LogP contribution in [0.15, 0.2) is 24.3 Å². The van der Waals surface area contributed by atoms with Gasteiger partial charge in [-0.25, -0.2) is 4.79 Å². The van der Waals surface area contributed by atoms with E-state index in [4.69, 9.17) is 16.3 Å². The summed E-state index contributed by atoms with van der Waals surface area (Å²) in [6, 6.07) is 7.51. The molecule has 2 rings (SSSR count). The van der Waals surface area contributed by atoms with Crippen LogP contribution in [0.1, 0.15) is 45.6 Å². The summed E-state index contributed by atoms with van der Waals surface area (Å²) in [5.74, 6) is 0.116. The molecule has 0 bridgehead atoms. The second-order valence-corrected chi connectivity index (χ2v) is 7.89. The molecule has 1 fully saturated rings. The maximum atomic E-state index is 12.5. The van der Waals surface area contributed by atoms with Crippen LogP contribution in [0.25, 0.3) is 0 Å². The van der Waals surface area contributed by atoms with E-state index < -0.39 is 11.7 Å². The fourth-order valence-electron chi connectivity index (χ4n) is 2.86. The number of halogens is 1. The minimum absolute atomic E-state index is 0.0527. The predicted octanol–water partition coefficient (Wildman–Crippen LogP) is 3.79. The van der Waals surface area contributed by atoms with Gasteiger partial charge >= 0.3 is 6.09 Å². The van der Waals surface area contributed by atoms with Gasteiger partial charge in [-0.3, -0.25) is 4.79 Å². The summed E-state index contributed by atoms with van der Waals surface area (Å²) >= 11 is 5.87. The molecule has 138 valence electrons. The van der Waals surface area contributed by atoms with Crippen molar-refractivity contribution in [3.8, 4) is 0 Å². The highest BCUT2D eigenvalue weighted by atomic mass is 35.5. The highest BCUT2D eigenvalue weighted by molar-refractivity contribution is 6.30. The standard InChI is InChI=1S/C19H27ClN2O3/c1-19(2,3)25-18(24)21-16-5-4-12-22(13-16)17(23)11-8-14-6-9-15(20)10-7-14/h6-7,9-10,16H,4-5,8,11-13H2,1-3H3,(H,21,24). The molecule has 0 aliphatic carbocycles. The predicted molar refractivity (Wildman–Crippen MR) is 98.7 cm³/mol. The molecule has 0 aromatic heterocycles. The molecule has 25 heavy (non-hydrogen) atoms. The lowest BCUT2D eigenvalue weighted by Crippen LogP contribution is -2.50. The number of hydrogen-bond donors (Lipinski definition) is 1. The van der Waals surface area contributed by atoms with Crippen LogP contribution in [0.3, 0.4) is 0 Å². The molecule has 6 heteroatoms. The molecule has 1 saturated heterocycles.